The maximum Gasteiger partial charge on any atom is 0.155 e. The van der Waals surface area contributed by atoms with Gasteiger partial charge in [-0.05, 0) is 156 Å². The molecule has 3 nitrogen and oxygen atoms in total. The SMILES string of the molecule is CC(=NC(=NC(C)c1cc(C2Cc3cc4ccccc4cc3-c3cc4ccccc4cc32)c2c(c1)oc1cc3ccccc3cc12)c1ccc2c(ccc3ccccc32)c1)c1ccccc1. The van der Waals surface area contributed by atoms with Gasteiger partial charge in [-0.1, -0.05) is 164 Å². The number of hydrogen-bond acceptors (Lipinski definition) is 2. The van der Waals surface area contributed by atoms with Crippen LogP contribution in [0.3, 0.4) is 0 Å². The van der Waals surface area contributed by atoms with Crippen molar-refractivity contribution in [3.63, 3.8) is 0 Å². The summed E-state index contributed by atoms with van der Waals surface area (Å²) >= 11 is 0. The number of nitrogens with zero attached hydrogens (tertiary/aromatic N) is 2. The van der Waals surface area contributed by atoms with Gasteiger partial charge in [-0.25, -0.2) is 4.99 Å². The van der Waals surface area contributed by atoms with Crippen LogP contribution < -0.4 is 0 Å². The number of benzene rings is 11. The van der Waals surface area contributed by atoms with Gasteiger partial charge in [0.2, 0.25) is 0 Å². The Bertz CT molecular complexity index is 4000. The largest absolute Gasteiger partial charge is 0.456 e. The highest BCUT2D eigenvalue weighted by Gasteiger charge is 2.31. The molecular formula is C63H44N2O. The van der Waals surface area contributed by atoms with Crippen molar-refractivity contribution in [2.45, 2.75) is 32.2 Å². The number of amidine groups is 1. The van der Waals surface area contributed by atoms with Crippen LogP contribution in [-0.4, -0.2) is 11.5 Å². The third kappa shape index (κ3) is 6.42. The molecule has 3 heteroatoms. The summed E-state index contributed by atoms with van der Waals surface area (Å²) in [7, 11) is 0. The molecule has 1 aromatic heterocycles. The van der Waals surface area contributed by atoms with E-state index in [2.05, 4.69) is 214 Å². The van der Waals surface area contributed by atoms with Crippen LogP contribution in [0.2, 0.25) is 0 Å². The fourth-order valence-electron chi connectivity index (χ4n) is 10.7. The topological polar surface area (TPSA) is 37.9 Å². The summed E-state index contributed by atoms with van der Waals surface area (Å²) in [5.74, 6) is 0.754. The lowest BCUT2D eigenvalue weighted by Gasteiger charge is -2.30. The fourth-order valence-corrected chi connectivity index (χ4v) is 10.7. The van der Waals surface area contributed by atoms with E-state index in [9.17, 15) is 0 Å². The van der Waals surface area contributed by atoms with Crippen molar-refractivity contribution >= 4 is 87.3 Å². The lowest BCUT2D eigenvalue weighted by Crippen LogP contribution is -2.14. The zero-order chi connectivity index (χ0) is 43.9. The highest BCUT2D eigenvalue weighted by Crippen LogP contribution is 2.49. The van der Waals surface area contributed by atoms with Crippen LogP contribution in [-0.2, 0) is 6.42 Å². The average Bonchev–Trinajstić information content (AvgIpc) is 3.73. The molecule has 0 N–H and O–H groups in total. The number of hydrogen-bond donors (Lipinski definition) is 0. The van der Waals surface area contributed by atoms with E-state index >= 15 is 0 Å². The van der Waals surface area contributed by atoms with E-state index in [0.29, 0.717) is 5.84 Å². The van der Waals surface area contributed by atoms with Crippen LogP contribution in [0.25, 0.3) is 86.9 Å². The molecule has 0 amide bonds. The molecule has 0 aliphatic heterocycles. The first kappa shape index (κ1) is 38.3. The molecule has 11 aromatic carbocycles. The molecule has 1 heterocycles. The summed E-state index contributed by atoms with van der Waals surface area (Å²) in [6.07, 6.45) is 0.861. The van der Waals surface area contributed by atoms with E-state index in [1.165, 1.54) is 81.7 Å². The van der Waals surface area contributed by atoms with Gasteiger partial charge < -0.3 is 4.42 Å². The van der Waals surface area contributed by atoms with Crippen molar-refractivity contribution in [2.24, 2.45) is 9.98 Å². The third-order valence-corrected chi connectivity index (χ3v) is 14.1. The molecule has 0 spiro atoms. The van der Waals surface area contributed by atoms with Crippen LogP contribution in [0.4, 0.5) is 0 Å². The molecule has 13 rings (SSSR count). The van der Waals surface area contributed by atoms with Crippen LogP contribution in [0, 0.1) is 0 Å². The minimum Gasteiger partial charge on any atom is -0.456 e. The summed E-state index contributed by atoms with van der Waals surface area (Å²) in [5, 5.41) is 14.6. The highest BCUT2D eigenvalue weighted by molar-refractivity contribution is 6.15. The average molecular weight is 845 g/mol. The van der Waals surface area contributed by atoms with Gasteiger partial charge in [0, 0.05) is 28.0 Å². The first-order valence-corrected chi connectivity index (χ1v) is 23.0. The molecule has 0 saturated carbocycles. The Morgan fingerprint density at radius 1 is 0.470 bits per heavy atom. The number of furan rings is 1. The zero-order valence-electron chi connectivity index (χ0n) is 36.8. The molecule has 312 valence electrons. The number of aliphatic imine (C=N–C) groups is 2. The Labute approximate surface area is 383 Å². The van der Waals surface area contributed by atoms with Crippen molar-refractivity contribution in [1.82, 2.24) is 0 Å². The molecule has 1 aliphatic rings. The van der Waals surface area contributed by atoms with Crippen LogP contribution in [0.5, 0.6) is 0 Å². The molecule has 0 saturated heterocycles. The maximum absolute atomic E-state index is 6.99. The van der Waals surface area contributed by atoms with Gasteiger partial charge in [-0.15, -0.1) is 0 Å². The van der Waals surface area contributed by atoms with Gasteiger partial charge in [-0.2, -0.15) is 0 Å². The van der Waals surface area contributed by atoms with Crippen molar-refractivity contribution in [1.29, 1.82) is 0 Å². The Balaban J connectivity index is 1.04. The van der Waals surface area contributed by atoms with E-state index in [1.807, 2.05) is 6.07 Å². The Morgan fingerprint density at radius 3 is 1.83 bits per heavy atom. The molecular weight excluding hydrogens is 801 g/mol. The first-order valence-electron chi connectivity index (χ1n) is 23.0. The lowest BCUT2D eigenvalue weighted by molar-refractivity contribution is 0.666. The van der Waals surface area contributed by atoms with E-state index in [4.69, 9.17) is 14.4 Å². The predicted octanol–water partition coefficient (Wildman–Crippen LogP) is 16.7. The summed E-state index contributed by atoms with van der Waals surface area (Å²) in [6.45, 7) is 4.28. The minimum atomic E-state index is -0.258. The van der Waals surface area contributed by atoms with Crippen molar-refractivity contribution < 1.29 is 4.42 Å². The molecule has 66 heavy (non-hydrogen) atoms. The standard InChI is InChI=1S/C63H44N2O/c1-38(40-14-4-3-5-15-40)64-63(49-26-27-53-48(29-49)25-24-41-16-12-13-23-52(41)53)65-39(2)50-34-58(62-59-33-46-21-10-11-22-47(46)36-60(59)66-61(62)37-50)57-35-51-28-42-17-6-7-18-43(42)30-54(51)55-31-44-19-8-9-20-45(44)32-56(55)57/h3-34,36-37,39,57H,35H2,1-2H3. The quantitative estimate of drug-likeness (QED) is 0.0966. The molecule has 0 fully saturated rings. The summed E-state index contributed by atoms with van der Waals surface area (Å²) < 4.78 is 6.99. The van der Waals surface area contributed by atoms with Crippen molar-refractivity contribution in [3.8, 4) is 11.1 Å². The third-order valence-electron chi connectivity index (χ3n) is 14.1. The molecule has 2 atom stereocenters. The smallest absolute Gasteiger partial charge is 0.155 e. The summed E-state index contributed by atoms with van der Waals surface area (Å²) in [5.41, 5.74) is 12.4. The highest BCUT2D eigenvalue weighted by atomic mass is 16.3. The van der Waals surface area contributed by atoms with E-state index in [-0.39, 0.29) is 12.0 Å². The van der Waals surface area contributed by atoms with Gasteiger partial charge in [0.1, 0.15) is 11.2 Å². The molecule has 0 bridgehead atoms. The van der Waals surface area contributed by atoms with Gasteiger partial charge in [-0.3, -0.25) is 4.99 Å². The second kappa shape index (κ2) is 15.3. The maximum atomic E-state index is 6.99. The lowest BCUT2D eigenvalue weighted by atomic mass is 9.73. The Morgan fingerprint density at radius 2 is 1.08 bits per heavy atom. The predicted molar refractivity (Wildman–Crippen MR) is 279 cm³/mol. The van der Waals surface area contributed by atoms with Crippen molar-refractivity contribution in [2.75, 3.05) is 0 Å². The second-order valence-electron chi connectivity index (χ2n) is 18.1. The van der Waals surface area contributed by atoms with Gasteiger partial charge in [0.15, 0.2) is 5.84 Å². The summed E-state index contributed by atoms with van der Waals surface area (Å²) in [6, 6.07) is 74.9. The second-order valence-corrected chi connectivity index (χ2v) is 18.1. The number of rotatable bonds is 5. The Kier molecular flexibility index (Phi) is 8.86. The van der Waals surface area contributed by atoms with Crippen LogP contribution >= 0.6 is 0 Å². The van der Waals surface area contributed by atoms with Crippen LogP contribution in [0.15, 0.2) is 221 Å². The van der Waals surface area contributed by atoms with Gasteiger partial charge >= 0.3 is 0 Å². The zero-order valence-corrected chi connectivity index (χ0v) is 36.8. The van der Waals surface area contributed by atoms with E-state index in [1.54, 1.807) is 0 Å². The first-order chi connectivity index (χ1) is 32.5. The normalized spacial score (nSPS) is 14.7. The van der Waals surface area contributed by atoms with E-state index in [0.717, 1.165) is 50.8 Å². The number of fused-ring (bicyclic) bond motifs is 12. The molecule has 2 unspecified atom stereocenters. The fraction of sp³-hybridized carbons (Fsp3) is 0.0794. The molecule has 1 aliphatic carbocycles. The Hall–Kier alpha value is -8.14. The molecule has 12 aromatic rings. The van der Waals surface area contributed by atoms with Gasteiger partial charge in [0.25, 0.3) is 0 Å². The molecule has 0 radical (unpaired) electrons. The van der Waals surface area contributed by atoms with Crippen LogP contribution in [0.1, 0.15) is 59.2 Å². The van der Waals surface area contributed by atoms with E-state index < -0.39 is 0 Å². The minimum absolute atomic E-state index is 0.0531. The summed E-state index contributed by atoms with van der Waals surface area (Å²) in [4.78, 5) is 10.9. The monoisotopic (exact) mass is 844 g/mol. The van der Waals surface area contributed by atoms with Crippen molar-refractivity contribution in [3.05, 3.63) is 240 Å². The van der Waals surface area contributed by atoms with Gasteiger partial charge in [0.05, 0.1) is 6.04 Å².